The second-order valence-corrected chi connectivity index (χ2v) is 8.20. The van der Waals surface area contributed by atoms with Crippen LogP contribution in [0, 0.1) is 0 Å². The number of para-hydroxylation sites is 2. The smallest absolute Gasteiger partial charge is 0.337 e. The fourth-order valence-electron chi connectivity index (χ4n) is 4.57. The Kier molecular flexibility index (Phi) is 5.77. The molecule has 8 nitrogen and oxygen atoms in total. The summed E-state index contributed by atoms with van der Waals surface area (Å²) < 4.78 is 10.3. The summed E-state index contributed by atoms with van der Waals surface area (Å²) in [7, 11) is 2.77. The largest absolute Gasteiger partial charge is 0.507 e. The molecule has 0 radical (unpaired) electrons. The molecule has 1 atom stereocenters. The van der Waals surface area contributed by atoms with Crippen LogP contribution >= 0.6 is 0 Å². The highest BCUT2D eigenvalue weighted by atomic mass is 16.5. The van der Waals surface area contributed by atoms with Gasteiger partial charge < -0.3 is 19.6 Å². The highest BCUT2D eigenvalue weighted by Crippen LogP contribution is 2.45. The number of aliphatic hydroxyl groups is 1. The molecule has 1 aliphatic heterocycles. The average molecular weight is 482 g/mol. The summed E-state index contributed by atoms with van der Waals surface area (Å²) in [5, 5.41) is 12.2. The van der Waals surface area contributed by atoms with Crippen molar-refractivity contribution in [1.29, 1.82) is 0 Å². The van der Waals surface area contributed by atoms with E-state index < -0.39 is 23.7 Å². The minimum atomic E-state index is -0.973. The standard InChI is InChI=1S/C28H22N2O6/c1-35-22-10-6-4-8-19(22)24-23(25(31)20-15-29-21-9-5-3-7-18(20)21)26(32)27(33)30(24)17-13-11-16(12-14-17)28(34)36-2/h3-15,24,29,31H,1-2H3/b25-23+. The fourth-order valence-corrected chi connectivity index (χ4v) is 4.57. The Morgan fingerprint density at radius 2 is 1.64 bits per heavy atom. The first-order chi connectivity index (χ1) is 17.5. The van der Waals surface area contributed by atoms with E-state index in [2.05, 4.69) is 4.98 Å². The Morgan fingerprint density at radius 1 is 0.944 bits per heavy atom. The van der Waals surface area contributed by atoms with Crippen molar-refractivity contribution in [1.82, 2.24) is 4.98 Å². The molecule has 8 heteroatoms. The van der Waals surface area contributed by atoms with Crippen LogP contribution in [0.4, 0.5) is 5.69 Å². The average Bonchev–Trinajstić information content (AvgIpc) is 3.46. The zero-order valence-corrected chi connectivity index (χ0v) is 19.5. The molecule has 1 fully saturated rings. The quantitative estimate of drug-likeness (QED) is 0.186. The number of aliphatic hydroxyl groups excluding tert-OH is 1. The summed E-state index contributed by atoms with van der Waals surface area (Å²) >= 11 is 0. The second-order valence-electron chi connectivity index (χ2n) is 8.20. The maximum Gasteiger partial charge on any atom is 0.337 e. The number of aromatic nitrogens is 1. The Balaban J connectivity index is 1.73. The van der Waals surface area contributed by atoms with Crippen LogP contribution in [0.2, 0.25) is 0 Å². The third-order valence-corrected chi connectivity index (χ3v) is 6.29. The topological polar surface area (TPSA) is 109 Å². The Hall–Kier alpha value is -4.85. The van der Waals surface area contributed by atoms with E-state index in [0.29, 0.717) is 33.5 Å². The lowest BCUT2D eigenvalue weighted by Gasteiger charge is -2.26. The van der Waals surface area contributed by atoms with E-state index in [9.17, 15) is 19.5 Å². The van der Waals surface area contributed by atoms with E-state index in [0.717, 1.165) is 5.52 Å². The normalized spacial score (nSPS) is 16.9. The van der Waals surface area contributed by atoms with Crippen LogP contribution in [0.15, 0.2) is 84.6 Å². The Labute approximate surface area is 206 Å². The molecule has 0 aliphatic carbocycles. The number of ketones is 1. The number of amides is 1. The van der Waals surface area contributed by atoms with E-state index in [4.69, 9.17) is 9.47 Å². The second kappa shape index (κ2) is 9.07. The summed E-state index contributed by atoms with van der Waals surface area (Å²) in [6.45, 7) is 0. The van der Waals surface area contributed by atoms with Crippen LogP contribution in [0.3, 0.4) is 0 Å². The minimum Gasteiger partial charge on any atom is -0.507 e. The third-order valence-electron chi connectivity index (χ3n) is 6.29. The van der Waals surface area contributed by atoms with Crippen LogP contribution in [-0.4, -0.2) is 42.0 Å². The highest BCUT2D eigenvalue weighted by Gasteiger charge is 2.48. The number of rotatable bonds is 5. The summed E-state index contributed by atoms with van der Waals surface area (Å²) in [6, 6.07) is 19.5. The van der Waals surface area contributed by atoms with Crippen LogP contribution in [0.25, 0.3) is 16.7 Å². The minimum absolute atomic E-state index is 0.0636. The summed E-state index contributed by atoms with van der Waals surface area (Å²) in [5.41, 5.74) is 2.32. The van der Waals surface area contributed by atoms with E-state index in [1.54, 1.807) is 42.6 Å². The van der Waals surface area contributed by atoms with Gasteiger partial charge in [-0.3, -0.25) is 14.5 Å². The number of carbonyl (C=O) groups excluding carboxylic acids is 3. The van der Waals surface area contributed by atoms with Gasteiger partial charge in [0, 0.05) is 33.9 Å². The summed E-state index contributed by atoms with van der Waals surface area (Å²) in [5.74, 6) is -2.01. The number of carbonyl (C=O) groups is 3. The Bertz CT molecular complexity index is 1530. The number of ether oxygens (including phenoxy) is 2. The van der Waals surface area contributed by atoms with Gasteiger partial charge in [-0.15, -0.1) is 0 Å². The van der Waals surface area contributed by atoms with Crippen LogP contribution in [0.5, 0.6) is 5.75 Å². The SMILES string of the molecule is COC(=O)c1ccc(N2C(=O)C(=O)/C(=C(/O)c3c[nH]c4ccccc34)C2c2ccccc2OC)cc1. The number of esters is 1. The number of fused-ring (bicyclic) bond motifs is 1. The van der Waals surface area contributed by atoms with E-state index in [1.807, 2.05) is 24.3 Å². The molecule has 36 heavy (non-hydrogen) atoms. The highest BCUT2D eigenvalue weighted by molar-refractivity contribution is 6.52. The van der Waals surface area contributed by atoms with Crippen molar-refractivity contribution in [3.05, 3.63) is 101 Å². The predicted octanol–water partition coefficient (Wildman–Crippen LogP) is 4.59. The molecule has 5 rings (SSSR count). The molecule has 0 saturated carbocycles. The van der Waals surface area contributed by atoms with Crippen molar-refractivity contribution >= 4 is 40.0 Å². The number of anilines is 1. The number of hydrogen-bond acceptors (Lipinski definition) is 6. The zero-order chi connectivity index (χ0) is 25.4. The predicted molar refractivity (Wildman–Crippen MR) is 134 cm³/mol. The first-order valence-corrected chi connectivity index (χ1v) is 11.1. The molecule has 180 valence electrons. The van der Waals surface area contributed by atoms with Crippen LogP contribution in [0.1, 0.15) is 27.5 Å². The number of aromatic amines is 1. The van der Waals surface area contributed by atoms with Gasteiger partial charge in [0.25, 0.3) is 11.7 Å². The van der Waals surface area contributed by atoms with Crippen LogP contribution < -0.4 is 9.64 Å². The molecule has 1 amide bonds. The van der Waals surface area contributed by atoms with Gasteiger partial charge in [0.1, 0.15) is 11.5 Å². The summed E-state index contributed by atoms with van der Waals surface area (Å²) in [6.07, 6.45) is 1.61. The van der Waals surface area contributed by atoms with Crippen molar-refractivity contribution in [2.45, 2.75) is 6.04 Å². The van der Waals surface area contributed by atoms with Gasteiger partial charge in [0.2, 0.25) is 0 Å². The number of hydrogen-bond donors (Lipinski definition) is 2. The van der Waals surface area contributed by atoms with E-state index >= 15 is 0 Å². The lowest BCUT2D eigenvalue weighted by molar-refractivity contribution is -0.132. The van der Waals surface area contributed by atoms with Gasteiger partial charge in [-0.25, -0.2) is 4.79 Å². The maximum atomic E-state index is 13.4. The molecule has 1 aromatic heterocycles. The first-order valence-electron chi connectivity index (χ1n) is 11.1. The first kappa shape index (κ1) is 22.9. The third kappa shape index (κ3) is 3.60. The molecule has 4 aromatic rings. The lowest BCUT2D eigenvalue weighted by atomic mass is 9.94. The molecule has 1 saturated heterocycles. The van der Waals surface area contributed by atoms with Gasteiger partial charge in [-0.2, -0.15) is 0 Å². The number of H-pyrrole nitrogens is 1. The van der Waals surface area contributed by atoms with Crippen molar-refractivity contribution in [3.63, 3.8) is 0 Å². The molecule has 1 unspecified atom stereocenters. The fraction of sp³-hybridized carbons (Fsp3) is 0.107. The van der Waals surface area contributed by atoms with Gasteiger partial charge in [-0.05, 0) is 36.4 Å². The molecule has 0 spiro atoms. The zero-order valence-electron chi connectivity index (χ0n) is 19.5. The van der Waals surface area contributed by atoms with Crippen molar-refractivity contribution < 1.29 is 29.0 Å². The number of nitrogens with zero attached hydrogens (tertiary/aromatic N) is 1. The van der Waals surface area contributed by atoms with Gasteiger partial charge in [-0.1, -0.05) is 36.4 Å². The molecule has 2 heterocycles. The molecular weight excluding hydrogens is 460 g/mol. The van der Waals surface area contributed by atoms with Gasteiger partial charge >= 0.3 is 5.97 Å². The molecule has 3 aromatic carbocycles. The Morgan fingerprint density at radius 3 is 2.36 bits per heavy atom. The van der Waals surface area contributed by atoms with Gasteiger partial charge in [0.15, 0.2) is 0 Å². The lowest BCUT2D eigenvalue weighted by Crippen LogP contribution is -2.29. The molecule has 2 N–H and O–H groups in total. The molecule has 1 aliphatic rings. The number of methoxy groups -OCH3 is 2. The van der Waals surface area contributed by atoms with Crippen molar-refractivity contribution in [3.8, 4) is 5.75 Å². The molecular formula is C28H22N2O6. The molecule has 0 bridgehead atoms. The monoisotopic (exact) mass is 482 g/mol. The number of Topliss-reactive ketones (excluding diaryl/α,β-unsaturated/α-hetero) is 1. The number of nitrogens with one attached hydrogen (secondary N) is 1. The summed E-state index contributed by atoms with van der Waals surface area (Å²) in [4.78, 5) is 43.1. The number of benzene rings is 3. The van der Waals surface area contributed by atoms with Crippen molar-refractivity contribution in [2.24, 2.45) is 0 Å². The van der Waals surface area contributed by atoms with E-state index in [1.165, 1.54) is 31.3 Å². The van der Waals surface area contributed by atoms with Crippen molar-refractivity contribution in [2.75, 3.05) is 19.1 Å². The van der Waals surface area contributed by atoms with Gasteiger partial charge in [0.05, 0.1) is 31.4 Å². The maximum absolute atomic E-state index is 13.4. The van der Waals surface area contributed by atoms with E-state index in [-0.39, 0.29) is 11.3 Å². The van der Waals surface area contributed by atoms with Crippen LogP contribution in [-0.2, 0) is 14.3 Å².